The largest absolute Gasteiger partial charge is 0.459 e. The summed E-state index contributed by atoms with van der Waals surface area (Å²) in [6.45, 7) is 9.29. The second kappa shape index (κ2) is 10.8. The molecule has 0 spiro atoms. The molecule has 156 valence electrons. The van der Waals surface area contributed by atoms with Crippen LogP contribution in [0.15, 0.2) is 37.0 Å². The fraction of sp³-hybridized carbons (Fsp3) is 0.619. The van der Waals surface area contributed by atoms with Gasteiger partial charge in [0.05, 0.1) is 12.1 Å². The van der Waals surface area contributed by atoms with Gasteiger partial charge in [-0.15, -0.1) is 13.2 Å². The number of esters is 1. The highest BCUT2D eigenvalue weighted by atomic mass is 32.2. The highest BCUT2D eigenvalue weighted by Crippen LogP contribution is 2.36. The van der Waals surface area contributed by atoms with E-state index in [0.29, 0.717) is 12.2 Å². The van der Waals surface area contributed by atoms with Crippen LogP contribution >= 0.6 is 11.8 Å². The van der Waals surface area contributed by atoms with Crippen molar-refractivity contribution in [3.63, 3.8) is 0 Å². The molecule has 2 rings (SSSR count). The monoisotopic (exact) mass is 409 g/mol. The average Bonchev–Trinajstić information content (AvgIpc) is 3.07. The quantitative estimate of drug-likeness (QED) is 0.247. The maximum atomic E-state index is 12.3. The molecular weight excluding hydrogens is 378 g/mol. The number of amides is 1. The minimum atomic E-state index is -1.54. The Morgan fingerprint density at radius 2 is 2.18 bits per heavy atom. The van der Waals surface area contributed by atoms with Crippen LogP contribution in [0.5, 0.6) is 0 Å². The van der Waals surface area contributed by atoms with Crippen molar-refractivity contribution >= 4 is 23.0 Å². The van der Waals surface area contributed by atoms with Crippen molar-refractivity contribution < 1.29 is 24.2 Å². The fourth-order valence-electron chi connectivity index (χ4n) is 3.50. The van der Waals surface area contributed by atoms with E-state index in [0.717, 1.165) is 49.4 Å². The van der Waals surface area contributed by atoms with Gasteiger partial charge in [-0.3, -0.25) is 4.79 Å². The topological polar surface area (TPSA) is 84.9 Å². The molecule has 0 aromatic rings. The molecule has 2 aliphatic rings. The lowest BCUT2D eigenvalue weighted by Crippen LogP contribution is -2.58. The normalized spacial score (nSPS) is 30.6. The van der Waals surface area contributed by atoms with Gasteiger partial charge in [0, 0.05) is 24.7 Å². The number of carbonyl (C=O) groups excluding carboxylic acids is 2. The first-order valence-corrected chi connectivity index (χ1v) is 10.8. The Hall–Kier alpha value is -1.57. The first-order chi connectivity index (χ1) is 13.4. The Kier molecular flexibility index (Phi) is 8.79. The minimum Gasteiger partial charge on any atom is -0.459 e. The van der Waals surface area contributed by atoms with Crippen molar-refractivity contribution in [3.8, 4) is 0 Å². The maximum Gasteiger partial charge on any atom is 0.330 e. The van der Waals surface area contributed by atoms with Crippen LogP contribution in [0, 0.1) is 0 Å². The molecule has 7 heteroatoms. The predicted molar refractivity (Wildman–Crippen MR) is 111 cm³/mol. The lowest BCUT2D eigenvalue weighted by atomic mass is 9.91. The summed E-state index contributed by atoms with van der Waals surface area (Å²) in [4.78, 5) is 23.9. The van der Waals surface area contributed by atoms with Crippen LogP contribution in [0.3, 0.4) is 0 Å². The molecule has 6 nitrogen and oxygen atoms in total. The van der Waals surface area contributed by atoms with Crippen molar-refractivity contribution in [2.24, 2.45) is 0 Å². The van der Waals surface area contributed by atoms with Gasteiger partial charge in [0.25, 0.3) is 5.24 Å². The van der Waals surface area contributed by atoms with Crippen LogP contribution < -0.4 is 5.32 Å². The summed E-state index contributed by atoms with van der Waals surface area (Å²) < 4.78 is 11.6. The van der Waals surface area contributed by atoms with Gasteiger partial charge >= 0.3 is 5.97 Å². The van der Waals surface area contributed by atoms with Crippen LogP contribution in [-0.4, -0.2) is 46.1 Å². The Labute approximate surface area is 171 Å². The summed E-state index contributed by atoms with van der Waals surface area (Å²) >= 11 is 1.12. The molecule has 0 aromatic heterocycles. The van der Waals surface area contributed by atoms with E-state index < -0.39 is 23.9 Å². The zero-order valence-electron chi connectivity index (χ0n) is 16.5. The first-order valence-electron chi connectivity index (χ1n) is 9.79. The third kappa shape index (κ3) is 6.79. The first kappa shape index (κ1) is 22.7. The van der Waals surface area contributed by atoms with Crippen LogP contribution in [0.2, 0.25) is 0 Å². The average molecular weight is 410 g/mol. The molecule has 0 aromatic carbocycles. The number of allylic oxidation sites excluding steroid dienone is 3. The zero-order valence-corrected chi connectivity index (χ0v) is 17.3. The molecule has 2 N–H and O–H groups in total. The highest BCUT2D eigenvalue weighted by molar-refractivity contribution is 8.14. The molecule has 2 aliphatic heterocycles. The second-order valence-electron chi connectivity index (χ2n) is 7.42. The van der Waals surface area contributed by atoms with E-state index in [9.17, 15) is 14.7 Å². The zero-order chi connectivity index (χ0) is 20.6. The van der Waals surface area contributed by atoms with E-state index in [4.69, 9.17) is 9.47 Å². The van der Waals surface area contributed by atoms with Crippen LogP contribution in [0.4, 0.5) is 4.79 Å². The molecule has 2 fully saturated rings. The molecule has 2 saturated heterocycles. The Morgan fingerprint density at radius 1 is 1.43 bits per heavy atom. The molecule has 28 heavy (non-hydrogen) atoms. The number of hydrogen-bond acceptors (Lipinski definition) is 6. The fourth-order valence-corrected chi connectivity index (χ4v) is 4.38. The minimum absolute atomic E-state index is 0.141. The van der Waals surface area contributed by atoms with E-state index in [-0.39, 0.29) is 17.8 Å². The molecule has 0 aliphatic carbocycles. The third-order valence-corrected chi connectivity index (χ3v) is 5.84. The molecular formula is C21H31NO5S. The van der Waals surface area contributed by atoms with Gasteiger partial charge in [-0.1, -0.05) is 29.5 Å². The summed E-state index contributed by atoms with van der Waals surface area (Å²) in [5, 5.41) is 13.7. The number of rotatable bonds is 10. The summed E-state index contributed by atoms with van der Waals surface area (Å²) in [7, 11) is 0. The summed E-state index contributed by atoms with van der Waals surface area (Å²) in [6, 6.07) is -0.515. The van der Waals surface area contributed by atoms with Crippen molar-refractivity contribution in [3.05, 3.63) is 37.0 Å². The lowest BCUT2D eigenvalue weighted by Gasteiger charge is -2.43. The van der Waals surface area contributed by atoms with E-state index in [1.54, 1.807) is 0 Å². The third-order valence-electron chi connectivity index (χ3n) is 4.96. The van der Waals surface area contributed by atoms with E-state index in [1.807, 2.05) is 19.1 Å². The van der Waals surface area contributed by atoms with Crippen LogP contribution in [0.1, 0.15) is 51.9 Å². The smallest absolute Gasteiger partial charge is 0.330 e. The van der Waals surface area contributed by atoms with Crippen molar-refractivity contribution in [1.29, 1.82) is 0 Å². The van der Waals surface area contributed by atoms with Gasteiger partial charge in [-0.2, -0.15) is 0 Å². The second-order valence-corrected chi connectivity index (χ2v) is 8.41. The van der Waals surface area contributed by atoms with E-state index in [2.05, 4.69) is 18.5 Å². The molecule has 1 unspecified atom stereocenters. The van der Waals surface area contributed by atoms with E-state index >= 15 is 0 Å². The Bertz CT molecular complexity index is 620. The number of ether oxygens (including phenoxy) is 2. The Morgan fingerprint density at radius 3 is 2.82 bits per heavy atom. The lowest BCUT2D eigenvalue weighted by molar-refractivity contribution is -0.283. The number of carbonyl (C=O) groups is 2. The SMILES string of the molecule is C=CCCCC1C[C@@H](OC(=O)C=C(C)CCC=C)C[C@](O)([C@@H]2CSC(=O)N2)O1. The van der Waals surface area contributed by atoms with Crippen molar-refractivity contribution in [2.45, 2.75) is 75.9 Å². The van der Waals surface area contributed by atoms with Crippen molar-refractivity contribution in [1.82, 2.24) is 5.32 Å². The summed E-state index contributed by atoms with van der Waals surface area (Å²) in [6.07, 6.45) is 9.11. The number of hydrogen-bond donors (Lipinski definition) is 2. The Balaban J connectivity index is 2.04. The number of aliphatic hydroxyl groups is 1. The van der Waals surface area contributed by atoms with Gasteiger partial charge in [0.15, 0.2) is 5.79 Å². The van der Waals surface area contributed by atoms with Crippen LogP contribution in [-0.2, 0) is 14.3 Å². The summed E-state index contributed by atoms with van der Waals surface area (Å²) in [5.74, 6) is -1.52. The van der Waals surface area contributed by atoms with Gasteiger partial charge in [-0.25, -0.2) is 4.79 Å². The van der Waals surface area contributed by atoms with E-state index in [1.165, 1.54) is 6.08 Å². The number of nitrogens with one attached hydrogen (secondary N) is 1. The van der Waals surface area contributed by atoms with Gasteiger partial charge in [0.1, 0.15) is 6.10 Å². The molecule has 0 bridgehead atoms. The molecule has 2 heterocycles. The van der Waals surface area contributed by atoms with Gasteiger partial charge in [-0.05, 0) is 39.0 Å². The van der Waals surface area contributed by atoms with Crippen molar-refractivity contribution in [2.75, 3.05) is 5.75 Å². The molecule has 0 radical (unpaired) electrons. The molecule has 4 atom stereocenters. The number of thioether (sulfide) groups is 1. The van der Waals surface area contributed by atoms with Gasteiger partial charge in [0.2, 0.25) is 0 Å². The highest BCUT2D eigenvalue weighted by Gasteiger charge is 2.49. The standard InChI is InChI=1S/C21H31NO5S/c1-4-6-8-10-16-12-17(26-19(23)11-15(3)9-7-5-2)13-21(25,27-16)18-14-28-20(24)22-18/h4-5,11,16-18,25H,1-2,6-10,12-14H2,3H3,(H,22,24)/t16?,17-,18+,21-/m1/s1. The molecule has 0 saturated carbocycles. The molecule has 1 amide bonds. The van der Waals surface area contributed by atoms with Crippen LogP contribution in [0.25, 0.3) is 0 Å². The number of unbranched alkanes of at least 4 members (excludes halogenated alkanes) is 1. The van der Waals surface area contributed by atoms with Gasteiger partial charge < -0.3 is 19.9 Å². The summed E-state index contributed by atoms with van der Waals surface area (Å²) in [5.41, 5.74) is 0.925. The predicted octanol–water partition coefficient (Wildman–Crippen LogP) is 3.86. The maximum absolute atomic E-state index is 12.3.